The smallest absolute Gasteiger partial charge is 0.251 e. The van der Waals surface area contributed by atoms with Crippen molar-refractivity contribution in [1.29, 1.82) is 0 Å². The molecule has 1 aliphatic rings. The number of nitrogens with zero attached hydrogens (tertiary/aromatic N) is 3. The number of fused-ring (bicyclic) bond motifs is 1. The van der Waals surface area contributed by atoms with Crippen LogP contribution in [0.3, 0.4) is 0 Å². The van der Waals surface area contributed by atoms with Crippen molar-refractivity contribution in [2.45, 2.75) is 25.7 Å². The zero-order valence-electron chi connectivity index (χ0n) is 20.0. The fourth-order valence-electron chi connectivity index (χ4n) is 4.72. The number of rotatable bonds is 6. The second-order valence-corrected chi connectivity index (χ2v) is 9.75. The van der Waals surface area contributed by atoms with E-state index in [9.17, 15) is 4.79 Å². The number of thiophene rings is 1. The van der Waals surface area contributed by atoms with Gasteiger partial charge in [-0.2, -0.15) is 4.98 Å². The Hall–Kier alpha value is -3.49. The molecule has 5 rings (SSSR count). The molecule has 1 aliphatic heterocycles. The largest absolute Gasteiger partial charge is 0.382 e. The van der Waals surface area contributed by atoms with Crippen LogP contribution in [0.5, 0.6) is 0 Å². The molecule has 7 nitrogen and oxygen atoms in total. The lowest BCUT2D eigenvalue weighted by molar-refractivity contribution is 0.0963. The number of likely N-dealkylation sites (tertiary alicyclic amines) is 1. The first-order valence-corrected chi connectivity index (χ1v) is 12.9. The highest BCUT2D eigenvalue weighted by Gasteiger charge is 2.20. The zero-order valence-corrected chi connectivity index (χ0v) is 20.9. The number of hydrogen-bond acceptors (Lipinski definition) is 7. The highest BCUT2D eigenvalue weighted by atomic mass is 32.1. The molecule has 1 amide bonds. The summed E-state index contributed by atoms with van der Waals surface area (Å²) in [5.74, 6) is 1.40. The number of nitrogens with two attached hydrogens (primary N) is 1. The summed E-state index contributed by atoms with van der Waals surface area (Å²) in [6.07, 6.45) is 2.41. The third-order valence-electron chi connectivity index (χ3n) is 6.78. The quantitative estimate of drug-likeness (QED) is 0.345. The molecule has 0 bridgehead atoms. The van der Waals surface area contributed by atoms with Gasteiger partial charge in [-0.15, -0.1) is 11.3 Å². The van der Waals surface area contributed by atoms with E-state index < -0.39 is 0 Å². The lowest BCUT2D eigenvalue weighted by Gasteiger charge is -2.31. The average Bonchev–Trinajstić information content (AvgIpc) is 3.33. The molecule has 8 heteroatoms. The maximum absolute atomic E-state index is 12.1. The first-order valence-electron chi connectivity index (χ1n) is 12.0. The maximum atomic E-state index is 12.1. The van der Waals surface area contributed by atoms with Gasteiger partial charge in [0, 0.05) is 29.2 Å². The molecule has 2 aromatic heterocycles. The third kappa shape index (κ3) is 4.85. The number of hydrogen-bond donors (Lipinski definition) is 3. The van der Waals surface area contributed by atoms with Crippen LogP contribution < -0.4 is 16.4 Å². The van der Waals surface area contributed by atoms with E-state index in [2.05, 4.69) is 51.7 Å². The van der Waals surface area contributed by atoms with E-state index in [0.717, 1.165) is 33.6 Å². The van der Waals surface area contributed by atoms with Crippen LogP contribution in [0.1, 0.15) is 41.6 Å². The van der Waals surface area contributed by atoms with Gasteiger partial charge in [-0.1, -0.05) is 31.2 Å². The van der Waals surface area contributed by atoms with Crippen molar-refractivity contribution in [3.05, 3.63) is 65.0 Å². The van der Waals surface area contributed by atoms with Gasteiger partial charge in [0.15, 0.2) is 0 Å². The summed E-state index contributed by atoms with van der Waals surface area (Å²) in [5, 5.41) is 8.01. The van der Waals surface area contributed by atoms with Crippen LogP contribution in [0.4, 0.5) is 17.5 Å². The van der Waals surface area contributed by atoms with E-state index >= 15 is 0 Å². The van der Waals surface area contributed by atoms with Crippen molar-refractivity contribution in [1.82, 2.24) is 20.2 Å². The van der Waals surface area contributed by atoms with E-state index in [1.165, 1.54) is 42.8 Å². The maximum Gasteiger partial charge on any atom is 0.251 e. The minimum Gasteiger partial charge on any atom is -0.382 e. The molecule has 180 valence electrons. The average molecular weight is 487 g/mol. The lowest BCUT2D eigenvalue weighted by atomic mass is 9.89. The van der Waals surface area contributed by atoms with Gasteiger partial charge < -0.3 is 21.3 Å². The van der Waals surface area contributed by atoms with Crippen LogP contribution in [-0.4, -0.2) is 47.5 Å². The number of benzene rings is 2. The molecule has 0 unspecified atom stereocenters. The summed E-state index contributed by atoms with van der Waals surface area (Å²) in [6, 6.07) is 16.1. The summed E-state index contributed by atoms with van der Waals surface area (Å²) >= 11 is 1.51. The molecule has 1 fully saturated rings. The van der Waals surface area contributed by atoms with Gasteiger partial charge in [0.05, 0.1) is 10.2 Å². The molecule has 0 saturated carbocycles. The molecular formula is C27H30N6OS. The first kappa shape index (κ1) is 23.3. The number of aromatic nitrogens is 2. The normalized spacial score (nSPS) is 14.8. The Kier molecular flexibility index (Phi) is 6.66. The van der Waals surface area contributed by atoms with E-state index in [4.69, 9.17) is 10.7 Å². The van der Waals surface area contributed by atoms with E-state index in [0.29, 0.717) is 23.2 Å². The van der Waals surface area contributed by atoms with E-state index in [-0.39, 0.29) is 5.91 Å². The van der Waals surface area contributed by atoms with Gasteiger partial charge in [-0.3, -0.25) is 4.79 Å². The number of carbonyl (C=O) groups is 1. The van der Waals surface area contributed by atoms with Gasteiger partial charge >= 0.3 is 0 Å². The van der Waals surface area contributed by atoms with Crippen LogP contribution in [-0.2, 0) is 0 Å². The Morgan fingerprint density at radius 1 is 1.14 bits per heavy atom. The van der Waals surface area contributed by atoms with Crippen molar-refractivity contribution >= 4 is 44.9 Å². The number of piperidine rings is 1. The molecule has 4 aromatic rings. The monoisotopic (exact) mass is 486 g/mol. The van der Waals surface area contributed by atoms with E-state index in [1.807, 2.05) is 23.6 Å². The van der Waals surface area contributed by atoms with Gasteiger partial charge in [-0.05, 0) is 73.8 Å². The van der Waals surface area contributed by atoms with Crippen LogP contribution in [0.2, 0.25) is 0 Å². The van der Waals surface area contributed by atoms with Gasteiger partial charge in [-0.25, -0.2) is 4.98 Å². The standard InChI is InChI=1S/C27H30N6OS/c1-3-33-13-11-18(12-14-33)17-7-9-21(10-8-17)30-27-31-23-22(16-35-24(23)25(28)32-27)19-5-4-6-20(15-19)26(34)29-2/h4-10,15-16,18H,3,11-14H2,1-2H3,(H,29,34)(H3,28,30,31,32). The second-order valence-electron chi connectivity index (χ2n) is 8.88. The molecule has 3 heterocycles. The zero-order chi connectivity index (χ0) is 24.4. The van der Waals surface area contributed by atoms with Crippen molar-refractivity contribution < 1.29 is 4.79 Å². The summed E-state index contributed by atoms with van der Waals surface area (Å²) in [6.45, 7) is 5.70. The highest BCUT2D eigenvalue weighted by Crippen LogP contribution is 2.36. The van der Waals surface area contributed by atoms with Crippen LogP contribution in [0, 0.1) is 0 Å². The number of carbonyl (C=O) groups excluding carboxylic acids is 1. The molecule has 0 spiro atoms. The Balaban J connectivity index is 1.39. The van der Waals surface area contributed by atoms with Crippen molar-refractivity contribution in [2.75, 3.05) is 37.7 Å². The van der Waals surface area contributed by atoms with Crippen molar-refractivity contribution in [3.63, 3.8) is 0 Å². The van der Waals surface area contributed by atoms with Gasteiger partial charge in [0.25, 0.3) is 5.91 Å². The Labute approximate surface area is 209 Å². The summed E-state index contributed by atoms with van der Waals surface area (Å²) < 4.78 is 0.838. The summed E-state index contributed by atoms with van der Waals surface area (Å²) in [5.41, 5.74) is 11.8. The molecule has 0 aliphatic carbocycles. The highest BCUT2D eigenvalue weighted by molar-refractivity contribution is 7.18. The Morgan fingerprint density at radius 2 is 1.91 bits per heavy atom. The molecule has 35 heavy (non-hydrogen) atoms. The number of amides is 1. The molecule has 0 radical (unpaired) electrons. The lowest BCUT2D eigenvalue weighted by Crippen LogP contribution is -2.32. The topological polar surface area (TPSA) is 96.2 Å². The fourth-order valence-corrected chi connectivity index (χ4v) is 5.64. The number of nitrogens with one attached hydrogen (secondary N) is 2. The number of nitrogen functional groups attached to an aromatic ring is 1. The molecule has 2 aromatic carbocycles. The second kappa shape index (κ2) is 10.0. The molecule has 0 atom stereocenters. The Morgan fingerprint density at radius 3 is 2.63 bits per heavy atom. The molecular weight excluding hydrogens is 456 g/mol. The van der Waals surface area contributed by atoms with Crippen molar-refractivity contribution in [3.8, 4) is 11.1 Å². The number of anilines is 3. The van der Waals surface area contributed by atoms with Crippen molar-refractivity contribution in [2.24, 2.45) is 0 Å². The van der Waals surface area contributed by atoms with Crippen LogP contribution >= 0.6 is 11.3 Å². The first-order chi connectivity index (χ1) is 17.1. The SMILES string of the molecule is CCN1CCC(c2ccc(Nc3nc(N)c4scc(-c5cccc(C(=O)NC)c5)c4n3)cc2)CC1. The van der Waals surface area contributed by atoms with Crippen LogP contribution in [0.25, 0.3) is 21.3 Å². The van der Waals surface area contributed by atoms with E-state index in [1.54, 1.807) is 13.1 Å². The van der Waals surface area contributed by atoms with Gasteiger partial charge in [0.2, 0.25) is 5.95 Å². The molecule has 1 saturated heterocycles. The van der Waals surface area contributed by atoms with Crippen LogP contribution in [0.15, 0.2) is 53.9 Å². The predicted molar refractivity (Wildman–Crippen MR) is 144 cm³/mol. The van der Waals surface area contributed by atoms with Gasteiger partial charge in [0.1, 0.15) is 5.82 Å². The molecule has 4 N–H and O–H groups in total. The summed E-state index contributed by atoms with van der Waals surface area (Å²) in [7, 11) is 1.63. The minimum atomic E-state index is -0.123. The third-order valence-corrected chi connectivity index (χ3v) is 7.77. The summed E-state index contributed by atoms with van der Waals surface area (Å²) in [4.78, 5) is 23.9. The minimum absolute atomic E-state index is 0.123. The predicted octanol–water partition coefficient (Wildman–Crippen LogP) is 5.24. The fraction of sp³-hybridized carbons (Fsp3) is 0.296. The Bertz CT molecular complexity index is 1340.